The Morgan fingerprint density at radius 1 is 1.60 bits per heavy atom. The summed E-state index contributed by atoms with van der Waals surface area (Å²) in [7, 11) is -1.95. The van der Waals surface area contributed by atoms with E-state index in [2.05, 4.69) is 5.10 Å². The van der Waals surface area contributed by atoms with Gasteiger partial charge in [0.25, 0.3) is 0 Å². The molecule has 1 aliphatic heterocycles. The van der Waals surface area contributed by atoms with Crippen LogP contribution in [0.25, 0.3) is 0 Å². The third-order valence-electron chi connectivity index (χ3n) is 3.42. The third kappa shape index (κ3) is 3.57. The maximum Gasteiger partial charge on any atom is 0.245 e. The molecule has 0 aliphatic carbocycles. The number of hydrogen-bond donors (Lipinski definition) is 1. The van der Waals surface area contributed by atoms with E-state index in [-0.39, 0.29) is 24.0 Å². The molecule has 0 amide bonds. The summed E-state index contributed by atoms with van der Waals surface area (Å²) in [5.74, 6) is 0.246. The van der Waals surface area contributed by atoms with Crippen LogP contribution in [0.2, 0.25) is 0 Å². The summed E-state index contributed by atoms with van der Waals surface area (Å²) in [5.41, 5.74) is 0. The lowest BCUT2D eigenvalue weighted by Crippen LogP contribution is -2.35. The molecule has 1 unspecified atom stereocenters. The second-order valence-electron chi connectivity index (χ2n) is 5.03. The first-order chi connectivity index (χ1) is 9.54. The van der Waals surface area contributed by atoms with Crippen LogP contribution in [0.15, 0.2) is 17.3 Å². The quantitative estimate of drug-likeness (QED) is 0.795. The van der Waals surface area contributed by atoms with Crippen molar-refractivity contribution in [3.63, 3.8) is 0 Å². The van der Waals surface area contributed by atoms with Crippen molar-refractivity contribution in [2.75, 3.05) is 33.4 Å². The standard InChI is InChI=1S/C12H21N3O4S/c1-14(8-11-3-2-6-19-10-11)20(17,18)12-7-13-15(9-12)4-5-16/h7,9,11,16H,2-6,8,10H2,1H3. The smallest absolute Gasteiger partial charge is 0.245 e. The van der Waals surface area contributed by atoms with E-state index in [4.69, 9.17) is 9.84 Å². The molecule has 1 N–H and O–H groups in total. The molecule has 1 fully saturated rings. The number of ether oxygens (including phenoxy) is 1. The van der Waals surface area contributed by atoms with Gasteiger partial charge in [0.1, 0.15) is 4.90 Å². The minimum Gasteiger partial charge on any atom is -0.394 e. The van der Waals surface area contributed by atoms with Crippen molar-refractivity contribution in [1.82, 2.24) is 14.1 Å². The molecule has 1 aromatic heterocycles. The number of sulfonamides is 1. The zero-order chi connectivity index (χ0) is 14.6. The molecule has 0 bridgehead atoms. The van der Waals surface area contributed by atoms with Crippen molar-refractivity contribution in [2.45, 2.75) is 24.3 Å². The predicted octanol–water partition coefficient (Wildman–Crippen LogP) is -0.0775. The average Bonchev–Trinajstić information content (AvgIpc) is 2.89. The molecule has 1 saturated heterocycles. The highest BCUT2D eigenvalue weighted by molar-refractivity contribution is 7.89. The van der Waals surface area contributed by atoms with E-state index in [0.717, 1.165) is 19.4 Å². The number of nitrogens with zero attached hydrogens (tertiary/aromatic N) is 3. The van der Waals surface area contributed by atoms with Crippen molar-refractivity contribution in [2.24, 2.45) is 5.92 Å². The molecule has 2 heterocycles. The summed E-state index contributed by atoms with van der Waals surface area (Å²) in [6.07, 6.45) is 4.73. The van der Waals surface area contributed by atoms with Gasteiger partial charge in [-0.3, -0.25) is 4.68 Å². The Labute approximate surface area is 119 Å². The number of hydrogen-bond acceptors (Lipinski definition) is 5. The monoisotopic (exact) mass is 303 g/mol. The first kappa shape index (κ1) is 15.4. The maximum atomic E-state index is 12.4. The van der Waals surface area contributed by atoms with Crippen LogP contribution in [0.3, 0.4) is 0 Å². The lowest BCUT2D eigenvalue weighted by Gasteiger charge is -2.26. The van der Waals surface area contributed by atoms with E-state index >= 15 is 0 Å². The van der Waals surface area contributed by atoms with Crippen molar-refractivity contribution >= 4 is 10.0 Å². The second-order valence-corrected chi connectivity index (χ2v) is 7.08. The molecule has 8 heteroatoms. The van der Waals surface area contributed by atoms with Gasteiger partial charge < -0.3 is 9.84 Å². The minimum atomic E-state index is -3.52. The molecule has 1 atom stereocenters. The van der Waals surface area contributed by atoms with Gasteiger partial charge in [0.15, 0.2) is 0 Å². The van der Waals surface area contributed by atoms with Gasteiger partial charge >= 0.3 is 0 Å². The second kappa shape index (κ2) is 6.66. The topological polar surface area (TPSA) is 84.7 Å². The first-order valence-electron chi connectivity index (χ1n) is 6.71. The fourth-order valence-corrected chi connectivity index (χ4v) is 3.50. The summed E-state index contributed by atoms with van der Waals surface area (Å²) in [5, 5.41) is 12.8. The highest BCUT2D eigenvalue weighted by atomic mass is 32.2. The summed E-state index contributed by atoms with van der Waals surface area (Å²) in [4.78, 5) is 0.158. The molecule has 0 saturated carbocycles. The Morgan fingerprint density at radius 3 is 3.05 bits per heavy atom. The zero-order valence-corrected chi connectivity index (χ0v) is 12.4. The van der Waals surface area contributed by atoms with Gasteiger partial charge in [-0.2, -0.15) is 5.10 Å². The van der Waals surface area contributed by atoms with E-state index < -0.39 is 10.0 Å². The van der Waals surface area contributed by atoms with Crippen molar-refractivity contribution in [3.8, 4) is 0 Å². The van der Waals surface area contributed by atoms with E-state index in [0.29, 0.717) is 13.2 Å². The van der Waals surface area contributed by atoms with Crippen LogP contribution >= 0.6 is 0 Å². The van der Waals surface area contributed by atoms with Crippen LogP contribution in [0.5, 0.6) is 0 Å². The predicted molar refractivity (Wildman–Crippen MR) is 72.7 cm³/mol. The molecule has 114 valence electrons. The first-order valence-corrected chi connectivity index (χ1v) is 8.15. The van der Waals surface area contributed by atoms with Gasteiger partial charge in [0, 0.05) is 26.4 Å². The van der Waals surface area contributed by atoms with Crippen molar-refractivity contribution in [1.29, 1.82) is 0 Å². The summed E-state index contributed by atoms with van der Waals surface area (Å²) in [6.45, 7) is 2.05. The van der Waals surface area contributed by atoms with Gasteiger partial charge in [0.05, 0.1) is 26.0 Å². The van der Waals surface area contributed by atoms with Crippen LogP contribution in [-0.4, -0.2) is 61.0 Å². The van der Waals surface area contributed by atoms with E-state index in [1.165, 1.54) is 21.4 Å². The Hall–Kier alpha value is -0.960. The highest BCUT2D eigenvalue weighted by Gasteiger charge is 2.26. The van der Waals surface area contributed by atoms with Gasteiger partial charge in [-0.15, -0.1) is 0 Å². The maximum absolute atomic E-state index is 12.4. The fraction of sp³-hybridized carbons (Fsp3) is 0.750. The van der Waals surface area contributed by atoms with E-state index in [9.17, 15) is 8.42 Å². The SMILES string of the molecule is CN(CC1CCCOC1)S(=O)(=O)c1cnn(CCO)c1. The van der Waals surface area contributed by atoms with Crippen LogP contribution < -0.4 is 0 Å². The largest absolute Gasteiger partial charge is 0.394 e. The number of rotatable bonds is 6. The summed E-state index contributed by atoms with van der Waals surface area (Å²) in [6, 6.07) is 0. The van der Waals surface area contributed by atoms with Gasteiger partial charge in [-0.05, 0) is 18.8 Å². The zero-order valence-electron chi connectivity index (χ0n) is 11.6. The van der Waals surface area contributed by atoms with Gasteiger partial charge in [-0.25, -0.2) is 12.7 Å². The molecular formula is C12H21N3O4S. The van der Waals surface area contributed by atoms with Crippen molar-refractivity contribution < 1.29 is 18.3 Å². The molecule has 0 radical (unpaired) electrons. The van der Waals surface area contributed by atoms with Gasteiger partial charge in [-0.1, -0.05) is 0 Å². The van der Waals surface area contributed by atoms with Gasteiger partial charge in [0.2, 0.25) is 10.0 Å². The normalized spacial score (nSPS) is 20.4. The molecular weight excluding hydrogens is 282 g/mol. The molecule has 0 spiro atoms. The minimum absolute atomic E-state index is 0.0730. The van der Waals surface area contributed by atoms with Crippen LogP contribution in [0.4, 0.5) is 0 Å². The molecule has 2 rings (SSSR count). The molecule has 20 heavy (non-hydrogen) atoms. The van der Waals surface area contributed by atoms with Crippen LogP contribution in [0, 0.1) is 5.92 Å². The van der Waals surface area contributed by atoms with E-state index in [1.54, 1.807) is 7.05 Å². The lowest BCUT2D eigenvalue weighted by molar-refractivity contribution is 0.0495. The Balaban J connectivity index is 2.03. The number of aliphatic hydroxyl groups excluding tert-OH is 1. The van der Waals surface area contributed by atoms with E-state index in [1.807, 2.05) is 0 Å². The number of aromatic nitrogens is 2. The average molecular weight is 303 g/mol. The number of aliphatic hydroxyl groups is 1. The summed E-state index contributed by atoms with van der Waals surface area (Å²) >= 11 is 0. The van der Waals surface area contributed by atoms with Crippen LogP contribution in [-0.2, 0) is 21.3 Å². The Bertz CT molecular complexity index is 523. The third-order valence-corrected chi connectivity index (χ3v) is 5.19. The molecule has 1 aliphatic rings. The van der Waals surface area contributed by atoms with Crippen molar-refractivity contribution in [3.05, 3.63) is 12.4 Å². The molecule has 7 nitrogen and oxygen atoms in total. The lowest BCUT2D eigenvalue weighted by atomic mass is 10.0. The highest BCUT2D eigenvalue weighted by Crippen LogP contribution is 2.19. The molecule has 1 aromatic rings. The van der Waals surface area contributed by atoms with Crippen LogP contribution in [0.1, 0.15) is 12.8 Å². The fourth-order valence-electron chi connectivity index (χ4n) is 2.30. The molecule has 0 aromatic carbocycles. The Morgan fingerprint density at radius 2 is 2.40 bits per heavy atom. The summed E-state index contributed by atoms with van der Waals surface area (Å²) < 4.78 is 32.9. The Kier molecular flexibility index (Phi) is 5.14.